The smallest absolute Gasteiger partial charge is 0.352 e. The maximum atomic E-state index is 12.3. The van der Waals surface area contributed by atoms with Crippen LogP contribution in [0.5, 0.6) is 11.5 Å². The predicted octanol–water partition coefficient (Wildman–Crippen LogP) is 5.75. The van der Waals surface area contributed by atoms with Gasteiger partial charge in [-0.1, -0.05) is 43.5 Å². The third-order valence-electron chi connectivity index (χ3n) is 4.96. The molecule has 0 spiro atoms. The zero-order chi connectivity index (χ0) is 20.6. The molecule has 2 N–H and O–H groups in total. The summed E-state index contributed by atoms with van der Waals surface area (Å²) in [7, 11) is 0. The number of amides is 1. The molecular weight excluding hydrogens is 434 g/mol. The monoisotopic (exact) mass is 457 g/mol. The maximum absolute atomic E-state index is 12.3. The molecular formula is C23H24BrNO4. The summed E-state index contributed by atoms with van der Waals surface area (Å²) in [4.78, 5) is 23.8. The number of rotatable bonds is 7. The van der Waals surface area contributed by atoms with Gasteiger partial charge in [0.15, 0.2) is 0 Å². The first-order valence-electron chi connectivity index (χ1n) is 9.78. The van der Waals surface area contributed by atoms with E-state index in [9.17, 15) is 14.7 Å². The quantitative estimate of drug-likeness (QED) is 0.518. The van der Waals surface area contributed by atoms with Crippen molar-refractivity contribution in [1.82, 2.24) is 5.32 Å². The Labute approximate surface area is 178 Å². The number of nitrogens with one attached hydrogen (secondary N) is 1. The van der Waals surface area contributed by atoms with E-state index in [-0.39, 0.29) is 11.6 Å². The first-order chi connectivity index (χ1) is 14.0. The maximum Gasteiger partial charge on any atom is 0.352 e. The van der Waals surface area contributed by atoms with Crippen molar-refractivity contribution in [1.29, 1.82) is 0 Å². The molecule has 0 radical (unpaired) electrons. The number of carboxylic acid groups (broad SMARTS) is 1. The van der Waals surface area contributed by atoms with E-state index in [4.69, 9.17) is 4.74 Å². The van der Waals surface area contributed by atoms with Gasteiger partial charge in [0.1, 0.15) is 17.2 Å². The first kappa shape index (κ1) is 21.1. The van der Waals surface area contributed by atoms with Gasteiger partial charge in [-0.05, 0) is 70.6 Å². The number of benzene rings is 2. The molecule has 1 aliphatic carbocycles. The topological polar surface area (TPSA) is 75.6 Å². The molecule has 152 valence electrons. The molecule has 0 saturated heterocycles. The van der Waals surface area contributed by atoms with Crippen LogP contribution in [-0.2, 0) is 9.59 Å². The van der Waals surface area contributed by atoms with Gasteiger partial charge in [0.2, 0.25) is 5.91 Å². The molecule has 0 unspecified atom stereocenters. The summed E-state index contributed by atoms with van der Waals surface area (Å²) >= 11 is 3.44. The van der Waals surface area contributed by atoms with Crippen molar-refractivity contribution in [2.45, 2.75) is 38.5 Å². The minimum absolute atomic E-state index is 0.120. The molecule has 0 heterocycles. The number of carbonyl (C=O) groups is 2. The summed E-state index contributed by atoms with van der Waals surface area (Å²) in [6.07, 6.45) is 7.43. The molecule has 1 saturated carbocycles. The Morgan fingerprint density at radius 2 is 1.76 bits per heavy atom. The van der Waals surface area contributed by atoms with E-state index in [0.717, 1.165) is 30.2 Å². The average Bonchev–Trinajstić information content (AvgIpc) is 2.71. The van der Waals surface area contributed by atoms with Crippen LogP contribution in [0.15, 0.2) is 58.7 Å². The van der Waals surface area contributed by atoms with Gasteiger partial charge in [0.05, 0.1) is 4.47 Å². The minimum atomic E-state index is -1.16. The number of halogens is 1. The standard InChI is InChI=1S/C23H24BrNO4/c24-19-8-4-5-9-21(19)29-18-12-10-17(11-13-18)14-20(23(27)28)25-22(26)15-16-6-2-1-3-7-16/h4-5,8-14,16H,1-3,6-7,15H2,(H,25,26)(H,27,28)/b20-14-. The third-order valence-corrected chi connectivity index (χ3v) is 5.61. The fourth-order valence-corrected chi connectivity index (χ4v) is 3.82. The van der Waals surface area contributed by atoms with E-state index in [1.54, 1.807) is 24.3 Å². The predicted molar refractivity (Wildman–Crippen MR) is 116 cm³/mol. The molecule has 5 nitrogen and oxygen atoms in total. The van der Waals surface area contributed by atoms with E-state index in [2.05, 4.69) is 21.2 Å². The van der Waals surface area contributed by atoms with Gasteiger partial charge in [-0.15, -0.1) is 0 Å². The second-order valence-corrected chi connectivity index (χ2v) is 8.08. The van der Waals surface area contributed by atoms with Crippen LogP contribution >= 0.6 is 15.9 Å². The van der Waals surface area contributed by atoms with Gasteiger partial charge >= 0.3 is 5.97 Å². The lowest BCUT2D eigenvalue weighted by Crippen LogP contribution is -2.29. The lowest BCUT2D eigenvalue weighted by molar-refractivity contribution is -0.134. The van der Waals surface area contributed by atoms with Crippen molar-refractivity contribution in [2.24, 2.45) is 5.92 Å². The van der Waals surface area contributed by atoms with Crippen molar-refractivity contribution in [2.75, 3.05) is 0 Å². The van der Waals surface area contributed by atoms with Crippen LogP contribution in [0.25, 0.3) is 6.08 Å². The number of carboxylic acids is 1. The van der Waals surface area contributed by atoms with Gasteiger partial charge in [0, 0.05) is 6.42 Å². The fourth-order valence-electron chi connectivity index (χ4n) is 3.46. The Morgan fingerprint density at radius 1 is 1.07 bits per heavy atom. The molecule has 6 heteroatoms. The van der Waals surface area contributed by atoms with Gasteiger partial charge < -0.3 is 15.2 Å². The molecule has 2 aromatic rings. The fraction of sp³-hybridized carbons (Fsp3) is 0.304. The number of hydrogen-bond acceptors (Lipinski definition) is 3. The number of carbonyl (C=O) groups excluding carboxylic acids is 1. The molecule has 0 atom stereocenters. The van der Waals surface area contributed by atoms with Crippen molar-refractivity contribution in [3.63, 3.8) is 0 Å². The highest BCUT2D eigenvalue weighted by Gasteiger charge is 2.19. The lowest BCUT2D eigenvalue weighted by atomic mass is 9.87. The highest BCUT2D eigenvalue weighted by molar-refractivity contribution is 9.10. The molecule has 29 heavy (non-hydrogen) atoms. The van der Waals surface area contributed by atoms with E-state index < -0.39 is 5.97 Å². The highest BCUT2D eigenvalue weighted by atomic mass is 79.9. The van der Waals surface area contributed by atoms with Crippen molar-refractivity contribution >= 4 is 33.9 Å². The molecule has 1 fully saturated rings. The van der Waals surface area contributed by atoms with Gasteiger partial charge in [-0.25, -0.2) is 4.79 Å². The van der Waals surface area contributed by atoms with Crippen LogP contribution in [0.4, 0.5) is 0 Å². The van der Waals surface area contributed by atoms with Crippen LogP contribution in [0.1, 0.15) is 44.1 Å². The average molecular weight is 458 g/mol. The van der Waals surface area contributed by atoms with E-state index >= 15 is 0 Å². The largest absolute Gasteiger partial charge is 0.477 e. The molecule has 0 bridgehead atoms. The Morgan fingerprint density at radius 3 is 2.41 bits per heavy atom. The highest BCUT2D eigenvalue weighted by Crippen LogP contribution is 2.29. The van der Waals surface area contributed by atoms with Crippen molar-refractivity contribution in [3.8, 4) is 11.5 Å². The molecule has 2 aromatic carbocycles. The summed E-state index contributed by atoms with van der Waals surface area (Å²) in [5, 5.41) is 12.0. The molecule has 0 aliphatic heterocycles. The van der Waals surface area contributed by atoms with Crippen LogP contribution in [0, 0.1) is 5.92 Å². The number of ether oxygens (including phenoxy) is 1. The first-order valence-corrected chi connectivity index (χ1v) is 10.6. The zero-order valence-corrected chi connectivity index (χ0v) is 17.7. The Kier molecular flexibility index (Phi) is 7.47. The van der Waals surface area contributed by atoms with Gasteiger partial charge in [-0.2, -0.15) is 0 Å². The molecule has 1 amide bonds. The van der Waals surface area contributed by atoms with E-state index in [0.29, 0.717) is 29.4 Å². The van der Waals surface area contributed by atoms with E-state index in [1.807, 2.05) is 24.3 Å². The molecule has 0 aromatic heterocycles. The Balaban J connectivity index is 1.64. The number of aliphatic carboxylic acids is 1. The second-order valence-electron chi connectivity index (χ2n) is 7.22. The Bertz CT molecular complexity index is 886. The minimum Gasteiger partial charge on any atom is -0.477 e. The van der Waals surface area contributed by atoms with E-state index in [1.165, 1.54) is 12.5 Å². The normalized spacial score (nSPS) is 15.0. The van der Waals surface area contributed by atoms with Crippen LogP contribution in [0.3, 0.4) is 0 Å². The van der Waals surface area contributed by atoms with Crippen molar-refractivity contribution in [3.05, 3.63) is 64.3 Å². The molecule has 3 rings (SSSR count). The molecule has 1 aliphatic rings. The third kappa shape index (κ3) is 6.46. The van der Waals surface area contributed by atoms with Crippen molar-refractivity contribution < 1.29 is 19.4 Å². The second kappa shape index (κ2) is 10.3. The lowest BCUT2D eigenvalue weighted by Gasteiger charge is -2.20. The SMILES string of the molecule is O=C(CC1CCCCC1)N/C(=C\c1ccc(Oc2ccccc2Br)cc1)C(=O)O. The number of para-hydroxylation sites is 1. The van der Waals surface area contributed by atoms with Crippen LogP contribution < -0.4 is 10.1 Å². The summed E-state index contributed by atoms with van der Waals surface area (Å²) < 4.78 is 6.66. The summed E-state index contributed by atoms with van der Waals surface area (Å²) in [5.74, 6) is 0.284. The van der Waals surface area contributed by atoms with Crippen LogP contribution in [-0.4, -0.2) is 17.0 Å². The summed E-state index contributed by atoms with van der Waals surface area (Å²) in [5.41, 5.74) is 0.546. The Hall–Kier alpha value is -2.60. The van der Waals surface area contributed by atoms with Crippen LogP contribution in [0.2, 0.25) is 0 Å². The summed E-state index contributed by atoms with van der Waals surface area (Å²) in [6.45, 7) is 0. The van der Waals surface area contributed by atoms with Gasteiger partial charge in [0.25, 0.3) is 0 Å². The zero-order valence-electron chi connectivity index (χ0n) is 16.1. The van der Waals surface area contributed by atoms with Gasteiger partial charge in [-0.3, -0.25) is 4.79 Å². The summed E-state index contributed by atoms with van der Waals surface area (Å²) in [6, 6.07) is 14.5. The number of hydrogen-bond donors (Lipinski definition) is 2.